The summed E-state index contributed by atoms with van der Waals surface area (Å²) in [5, 5.41) is 0. The third-order valence-corrected chi connectivity index (χ3v) is 4.69. The zero-order chi connectivity index (χ0) is 18.4. The number of hydrogen-bond acceptors (Lipinski definition) is 5. The van der Waals surface area contributed by atoms with Crippen molar-refractivity contribution in [1.82, 2.24) is 0 Å². The van der Waals surface area contributed by atoms with Gasteiger partial charge in [-0.2, -0.15) is 0 Å². The monoisotopic (exact) mass is 367 g/mol. The highest BCUT2D eigenvalue weighted by atomic mass is 32.2. The molecule has 1 N–H and O–H groups in total. The van der Waals surface area contributed by atoms with Crippen LogP contribution in [0.15, 0.2) is 47.4 Å². The highest BCUT2D eigenvalue weighted by Gasteiger charge is 2.16. The Bertz CT molecular complexity index is 850. The second kappa shape index (κ2) is 7.98. The van der Waals surface area contributed by atoms with Crippen LogP contribution in [0.2, 0.25) is 0 Å². The van der Waals surface area contributed by atoms with Gasteiger partial charge in [-0.3, -0.25) is 9.52 Å². The molecule has 0 heterocycles. The van der Waals surface area contributed by atoms with E-state index in [9.17, 15) is 17.6 Å². The van der Waals surface area contributed by atoms with E-state index < -0.39 is 21.8 Å². The second-order valence-electron chi connectivity index (χ2n) is 5.23. The predicted octanol–water partition coefficient (Wildman–Crippen LogP) is 2.88. The zero-order valence-electron chi connectivity index (χ0n) is 13.8. The number of methoxy groups -OCH3 is 1. The van der Waals surface area contributed by atoms with Crippen molar-refractivity contribution in [2.24, 2.45) is 0 Å². The minimum absolute atomic E-state index is 0.0345. The zero-order valence-corrected chi connectivity index (χ0v) is 14.6. The number of anilines is 1. The fourth-order valence-electron chi connectivity index (χ4n) is 1.98. The Morgan fingerprint density at radius 2 is 1.84 bits per heavy atom. The van der Waals surface area contributed by atoms with Crippen molar-refractivity contribution >= 4 is 21.7 Å². The molecule has 0 saturated carbocycles. The Labute approximate surface area is 145 Å². The van der Waals surface area contributed by atoms with Gasteiger partial charge in [0, 0.05) is 0 Å². The molecule has 0 aliphatic heterocycles. The van der Waals surface area contributed by atoms with E-state index in [1.165, 1.54) is 43.5 Å². The summed E-state index contributed by atoms with van der Waals surface area (Å²) in [7, 11) is -2.64. The average Bonchev–Trinajstić information content (AvgIpc) is 2.57. The Morgan fingerprint density at radius 3 is 2.44 bits per heavy atom. The van der Waals surface area contributed by atoms with Crippen LogP contribution in [0.25, 0.3) is 0 Å². The van der Waals surface area contributed by atoms with Crippen LogP contribution >= 0.6 is 0 Å². The van der Waals surface area contributed by atoms with E-state index in [0.29, 0.717) is 11.3 Å². The molecule has 8 heteroatoms. The molecule has 0 bridgehead atoms. The second-order valence-corrected chi connectivity index (χ2v) is 6.92. The van der Waals surface area contributed by atoms with Gasteiger partial charge in [0.05, 0.1) is 30.7 Å². The molecule has 0 aliphatic rings. The van der Waals surface area contributed by atoms with Crippen LogP contribution in [-0.4, -0.2) is 28.1 Å². The van der Waals surface area contributed by atoms with Crippen molar-refractivity contribution in [2.75, 3.05) is 18.4 Å². The summed E-state index contributed by atoms with van der Waals surface area (Å²) in [6.45, 7) is 1.83. The Balaban J connectivity index is 2.05. The van der Waals surface area contributed by atoms with Gasteiger partial charge < -0.3 is 9.47 Å². The van der Waals surface area contributed by atoms with Gasteiger partial charge in [0.15, 0.2) is 0 Å². The molecule has 0 atom stereocenters. The molecule has 2 aromatic carbocycles. The number of hydrogen-bond donors (Lipinski definition) is 1. The maximum absolute atomic E-state index is 13.8. The standard InChI is InChI=1S/C17H18FNO5S/c1-12-3-8-16(15(18)11-12)19-25(21,22)14-6-4-13(5-7-14)24-10-9-17(20)23-2/h3-8,11,19H,9-10H2,1-2H3. The summed E-state index contributed by atoms with van der Waals surface area (Å²) in [4.78, 5) is 11.0. The Hall–Kier alpha value is -2.61. The summed E-state index contributed by atoms with van der Waals surface area (Å²) >= 11 is 0. The van der Waals surface area contributed by atoms with Gasteiger partial charge in [-0.05, 0) is 48.9 Å². The van der Waals surface area contributed by atoms with E-state index in [-0.39, 0.29) is 23.6 Å². The fraction of sp³-hybridized carbons (Fsp3) is 0.235. The van der Waals surface area contributed by atoms with Crippen LogP contribution in [-0.2, 0) is 19.6 Å². The van der Waals surface area contributed by atoms with Crippen molar-refractivity contribution in [3.05, 3.63) is 53.8 Å². The molecule has 0 spiro atoms. The van der Waals surface area contributed by atoms with E-state index in [4.69, 9.17) is 4.74 Å². The molecule has 0 aromatic heterocycles. The minimum Gasteiger partial charge on any atom is -0.493 e. The molecular weight excluding hydrogens is 349 g/mol. The molecule has 2 rings (SSSR count). The lowest BCUT2D eigenvalue weighted by atomic mass is 10.2. The van der Waals surface area contributed by atoms with Crippen LogP contribution in [0.1, 0.15) is 12.0 Å². The van der Waals surface area contributed by atoms with Crippen molar-refractivity contribution in [3.63, 3.8) is 0 Å². The largest absolute Gasteiger partial charge is 0.493 e. The predicted molar refractivity (Wildman–Crippen MR) is 90.5 cm³/mol. The number of carbonyl (C=O) groups excluding carboxylic acids is 1. The SMILES string of the molecule is COC(=O)CCOc1ccc(S(=O)(=O)Nc2ccc(C)cc2F)cc1. The number of rotatable bonds is 7. The topological polar surface area (TPSA) is 81.7 Å². The molecule has 6 nitrogen and oxygen atoms in total. The molecular formula is C17H18FNO5S. The lowest BCUT2D eigenvalue weighted by Crippen LogP contribution is -2.14. The first kappa shape index (κ1) is 18.7. The minimum atomic E-state index is -3.92. The maximum atomic E-state index is 13.8. The van der Waals surface area contributed by atoms with Crippen LogP contribution in [0, 0.1) is 12.7 Å². The van der Waals surface area contributed by atoms with Crippen molar-refractivity contribution < 1.29 is 27.1 Å². The molecule has 0 aliphatic carbocycles. The fourth-order valence-corrected chi connectivity index (χ4v) is 3.04. The first-order valence-corrected chi connectivity index (χ1v) is 8.89. The van der Waals surface area contributed by atoms with Gasteiger partial charge in [-0.1, -0.05) is 6.07 Å². The molecule has 134 valence electrons. The highest BCUT2D eigenvalue weighted by Crippen LogP contribution is 2.22. The lowest BCUT2D eigenvalue weighted by Gasteiger charge is -2.10. The van der Waals surface area contributed by atoms with E-state index in [1.54, 1.807) is 13.0 Å². The highest BCUT2D eigenvalue weighted by molar-refractivity contribution is 7.92. The number of nitrogens with one attached hydrogen (secondary N) is 1. The van der Waals surface area contributed by atoms with Gasteiger partial charge >= 0.3 is 5.97 Å². The van der Waals surface area contributed by atoms with E-state index in [2.05, 4.69) is 9.46 Å². The smallest absolute Gasteiger partial charge is 0.308 e. The molecule has 0 amide bonds. The average molecular weight is 367 g/mol. The van der Waals surface area contributed by atoms with Gasteiger partial charge in [-0.25, -0.2) is 12.8 Å². The van der Waals surface area contributed by atoms with Crippen molar-refractivity contribution in [3.8, 4) is 5.75 Å². The summed E-state index contributed by atoms with van der Waals surface area (Å²) in [6, 6.07) is 9.81. The summed E-state index contributed by atoms with van der Waals surface area (Å²) < 4.78 is 50.5. The van der Waals surface area contributed by atoms with Crippen LogP contribution in [0.3, 0.4) is 0 Å². The van der Waals surface area contributed by atoms with Crippen LogP contribution < -0.4 is 9.46 Å². The van der Waals surface area contributed by atoms with E-state index in [0.717, 1.165) is 0 Å². The quantitative estimate of drug-likeness (QED) is 0.761. The van der Waals surface area contributed by atoms with Crippen molar-refractivity contribution in [1.29, 1.82) is 0 Å². The van der Waals surface area contributed by atoms with Crippen LogP contribution in [0.4, 0.5) is 10.1 Å². The third kappa shape index (κ3) is 5.18. The molecule has 0 radical (unpaired) electrons. The number of benzene rings is 2. The van der Waals surface area contributed by atoms with Crippen LogP contribution in [0.5, 0.6) is 5.75 Å². The first-order chi connectivity index (χ1) is 11.8. The first-order valence-electron chi connectivity index (χ1n) is 7.40. The Kier molecular flexibility index (Phi) is 5.97. The molecule has 0 fully saturated rings. The molecule has 25 heavy (non-hydrogen) atoms. The van der Waals surface area contributed by atoms with E-state index in [1.807, 2.05) is 0 Å². The lowest BCUT2D eigenvalue weighted by molar-refractivity contribution is -0.141. The number of aryl methyl sites for hydroxylation is 1. The molecule has 0 saturated heterocycles. The Morgan fingerprint density at radius 1 is 1.16 bits per heavy atom. The van der Waals surface area contributed by atoms with E-state index >= 15 is 0 Å². The maximum Gasteiger partial charge on any atom is 0.308 e. The molecule has 2 aromatic rings. The molecule has 0 unspecified atom stereocenters. The number of halogens is 1. The van der Waals surface area contributed by atoms with Gasteiger partial charge in [0.1, 0.15) is 11.6 Å². The van der Waals surface area contributed by atoms with Crippen molar-refractivity contribution in [2.45, 2.75) is 18.2 Å². The number of ether oxygens (including phenoxy) is 2. The van der Waals surface area contributed by atoms with Gasteiger partial charge in [-0.15, -0.1) is 0 Å². The normalized spacial score (nSPS) is 11.0. The third-order valence-electron chi connectivity index (χ3n) is 3.31. The number of carbonyl (C=O) groups is 1. The van der Waals surface area contributed by atoms with Gasteiger partial charge in [0.25, 0.3) is 10.0 Å². The summed E-state index contributed by atoms with van der Waals surface area (Å²) in [5.74, 6) is -0.640. The van der Waals surface area contributed by atoms with Gasteiger partial charge in [0.2, 0.25) is 0 Å². The summed E-state index contributed by atoms with van der Waals surface area (Å²) in [5.41, 5.74) is 0.568. The number of sulfonamides is 1. The number of esters is 1. The summed E-state index contributed by atoms with van der Waals surface area (Å²) in [6.07, 6.45) is 0.0881.